The first-order valence-electron chi connectivity index (χ1n) is 6.45. The van der Waals surface area contributed by atoms with Crippen molar-refractivity contribution in [3.8, 4) is 0 Å². The van der Waals surface area contributed by atoms with Crippen LogP contribution in [0.4, 0.5) is 0 Å². The zero-order valence-corrected chi connectivity index (χ0v) is 11.3. The van der Waals surface area contributed by atoms with Gasteiger partial charge in [0.2, 0.25) is 0 Å². The van der Waals surface area contributed by atoms with Gasteiger partial charge in [-0.25, -0.2) is 0 Å². The zero-order valence-electron chi connectivity index (χ0n) is 11.3. The number of rotatable bonds is 5. The molecule has 5 nitrogen and oxygen atoms in total. The van der Waals surface area contributed by atoms with Crippen LogP contribution in [0.1, 0.15) is 20.8 Å². The fraction of sp³-hybridized carbons (Fsp3) is 0.917. The second-order valence-corrected chi connectivity index (χ2v) is 5.01. The van der Waals surface area contributed by atoms with Gasteiger partial charge in [-0.05, 0) is 12.8 Å². The van der Waals surface area contributed by atoms with E-state index in [1.54, 1.807) is 0 Å². The Bertz CT molecular complexity index is 243. The molecule has 0 saturated carbocycles. The SMILES string of the molecule is CC(C)CN=C(N)NCCN1CCOCC1C. The molecule has 0 bridgehead atoms. The average Bonchev–Trinajstić information content (AvgIpc) is 2.29. The Balaban J connectivity index is 2.16. The van der Waals surface area contributed by atoms with Crippen molar-refractivity contribution < 1.29 is 4.74 Å². The third kappa shape index (κ3) is 5.89. The van der Waals surface area contributed by atoms with Crippen LogP contribution in [0.25, 0.3) is 0 Å². The first-order valence-corrected chi connectivity index (χ1v) is 6.45. The second-order valence-electron chi connectivity index (χ2n) is 5.01. The van der Waals surface area contributed by atoms with E-state index in [1.807, 2.05) is 0 Å². The van der Waals surface area contributed by atoms with Crippen LogP contribution in [0.15, 0.2) is 4.99 Å². The molecule has 1 atom stereocenters. The summed E-state index contributed by atoms with van der Waals surface area (Å²) in [6, 6.07) is 0.499. The van der Waals surface area contributed by atoms with E-state index in [1.165, 1.54) is 0 Å². The Morgan fingerprint density at radius 1 is 1.59 bits per heavy atom. The minimum atomic E-state index is 0.499. The maximum Gasteiger partial charge on any atom is 0.188 e. The van der Waals surface area contributed by atoms with Crippen LogP contribution in [0.2, 0.25) is 0 Å². The lowest BCUT2D eigenvalue weighted by atomic mass is 10.2. The van der Waals surface area contributed by atoms with Crippen molar-refractivity contribution in [3.63, 3.8) is 0 Å². The van der Waals surface area contributed by atoms with Gasteiger partial charge in [-0.3, -0.25) is 9.89 Å². The molecule has 0 aromatic rings. The Hall–Kier alpha value is -0.810. The Morgan fingerprint density at radius 2 is 2.35 bits per heavy atom. The van der Waals surface area contributed by atoms with Crippen molar-refractivity contribution in [2.75, 3.05) is 39.4 Å². The molecule has 0 aromatic carbocycles. The van der Waals surface area contributed by atoms with Crippen LogP contribution in [0.5, 0.6) is 0 Å². The molecule has 1 heterocycles. The summed E-state index contributed by atoms with van der Waals surface area (Å²) in [5.41, 5.74) is 5.77. The summed E-state index contributed by atoms with van der Waals surface area (Å²) < 4.78 is 5.39. The number of hydrogen-bond acceptors (Lipinski definition) is 3. The van der Waals surface area contributed by atoms with Crippen molar-refractivity contribution in [3.05, 3.63) is 0 Å². The van der Waals surface area contributed by atoms with E-state index in [2.05, 4.69) is 36.0 Å². The highest BCUT2D eigenvalue weighted by Gasteiger charge is 2.17. The molecule has 1 saturated heterocycles. The molecular formula is C12H26N4O. The van der Waals surface area contributed by atoms with E-state index in [0.29, 0.717) is 17.9 Å². The summed E-state index contributed by atoms with van der Waals surface area (Å²) in [5, 5.41) is 3.15. The van der Waals surface area contributed by atoms with Crippen LogP contribution < -0.4 is 11.1 Å². The lowest BCUT2D eigenvalue weighted by Crippen LogP contribution is -2.47. The van der Waals surface area contributed by atoms with Gasteiger partial charge in [-0.15, -0.1) is 0 Å². The molecule has 3 N–H and O–H groups in total. The third-order valence-electron chi connectivity index (χ3n) is 2.84. The van der Waals surface area contributed by atoms with Gasteiger partial charge in [0.25, 0.3) is 0 Å². The summed E-state index contributed by atoms with van der Waals surface area (Å²) in [6.45, 7) is 11.7. The van der Waals surface area contributed by atoms with E-state index >= 15 is 0 Å². The van der Waals surface area contributed by atoms with Gasteiger partial charge in [0.15, 0.2) is 5.96 Å². The quantitative estimate of drug-likeness (QED) is 0.536. The van der Waals surface area contributed by atoms with Gasteiger partial charge in [0.1, 0.15) is 0 Å². The highest BCUT2D eigenvalue weighted by Crippen LogP contribution is 2.04. The number of hydrogen-bond donors (Lipinski definition) is 2. The lowest BCUT2D eigenvalue weighted by Gasteiger charge is -2.33. The molecule has 0 aromatic heterocycles. The van der Waals surface area contributed by atoms with E-state index in [-0.39, 0.29) is 0 Å². The highest BCUT2D eigenvalue weighted by atomic mass is 16.5. The standard InChI is InChI=1S/C12H26N4O/c1-10(2)8-15-12(13)14-4-5-16-6-7-17-9-11(16)3/h10-11H,4-9H2,1-3H3,(H3,13,14,15). The molecule has 1 unspecified atom stereocenters. The summed E-state index contributed by atoms with van der Waals surface area (Å²) in [4.78, 5) is 6.67. The normalized spacial score (nSPS) is 23.1. The fourth-order valence-electron chi connectivity index (χ4n) is 1.76. The average molecular weight is 242 g/mol. The maximum atomic E-state index is 5.77. The van der Waals surface area contributed by atoms with Crippen molar-refractivity contribution in [2.45, 2.75) is 26.8 Å². The van der Waals surface area contributed by atoms with Crippen LogP contribution in [0, 0.1) is 5.92 Å². The van der Waals surface area contributed by atoms with E-state index in [4.69, 9.17) is 10.5 Å². The third-order valence-corrected chi connectivity index (χ3v) is 2.84. The number of nitrogens with zero attached hydrogens (tertiary/aromatic N) is 2. The first-order chi connectivity index (χ1) is 8.09. The Kier molecular flexibility index (Phi) is 6.29. The van der Waals surface area contributed by atoms with Gasteiger partial charge in [-0.1, -0.05) is 13.8 Å². The molecule has 1 aliphatic rings. The largest absolute Gasteiger partial charge is 0.379 e. The number of ether oxygens (including phenoxy) is 1. The maximum absolute atomic E-state index is 5.77. The Labute approximate surface area is 104 Å². The summed E-state index contributed by atoms with van der Waals surface area (Å²) in [5.74, 6) is 1.11. The Morgan fingerprint density at radius 3 is 3.00 bits per heavy atom. The van der Waals surface area contributed by atoms with Gasteiger partial charge < -0.3 is 15.8 Å². The predicted octanol–water partition coefficient (Wildman–Crippen LogP) is 0.267. The van der Waals surface area contributed by atoms with Crippen molar-refractivity contribution in [2.24, 2.45) is 16.6 Å². The molecule has 1 fully saturated rings. The molecule has 17 heavy (non-hydrogen) atoms. The van der Waals surface area contributed by atoms with Gasteiger partial charge in [0, 0.05) is 32.2 Å². The molecule has 0 aliphatic carbocycles. The monoisotopic (exact) mass is 242 g/mol. The number of aliphatic imine (C=N–C) groups is 1. The zero-order chi connectivity index (χ0) is 12.7. The van der Waals surface area contributed by atoms with Crippen LogP contribution in [-0.2, 0) is 4.74 Å². The first kappa shape index (κ1) is 14.3. The van der Waals surface area contributed by atoms with Crippen LogP contribution in [0.3, 0.4) is 0 Å². The molecular weight excluding hydrogens is 216 g/mol. The lowest BCUT2D eigenvalue weighted by molar-refractivity contribution is 0.000892. The van der Waals surface area contributed by atoms with Gasteiger partial charge in [0.05, 0.1) is 13.2 Å². The van der Waals surface area contributed by atoms with E-state index in [9.17, 15) is 0 Å². The number of nitrogens with one attached hydrogen (secondary N) is 1. The van der Waals surface area contributed by atoms with Crippen LogP contribution in [-0.4, -0.2) is 56.3 Å². The smallest absolute Gasteiger partial charge is 0.188 e. The van der Waals surface area contributed by atoms with Gasteiger partial charge in [-0.2, -0.15) is 0 Å². The number of morpholine rings is 1. The number of nitrogens with two attached hydrogens (primary N) is 1. The van der Waals surface area contributed by atoms with Crippen molar-refractivity contribution >= 4 is 5.96 Å². The predicted molar refractivity (Wildman–Crippen MR) is 71.2 cm³/mol. The second kappa shape index (κ2) is 7.50. The van der Waals surface area contributed by atoms with Crippen molar-refractivity contribution in [1.29, 1.82) is 0 Å². The molecule has 100 valence electrons. The topological polar surface area (TPSA) is 62.9 Å². The summed E-state index contributed by atoms with van der Waals surface area (Å²) in [7, 11) is 0. The van der Waals surface area contributed by atoms with Gasteiger partial charge >= 0.3 is 0 Å². The summed E-state index contributed by atoms with van der Waals surface area (Å²) >= 11 is 0. The highest BCUT2D eigenvalue weighted by molar-refractivity contribution is 5.77. The molecule has 0 amide bonds. The van der Waals surface area contributed by atoms with Crippen LogP contribution >= 0.6 is 0 Å². The minimum absolute atomic E-state index is 0.499. The van der Waals surface area contributed by atoms with Crippen molar-refractivity contribution in [1.82, 2.24) is 10.2 Å². The molecule has 0 radical (unpaired) electrons. The molecule has 5 heteroatoms. The number of guanidine groups is 1. The fourth-order valence-corrected chi connectivity index (χ4v) is 1.76. The molecule has 1 aliphatic heterocycles. The summed E-state index contributed by atoms with van der Waals surface area (Å²) in [6.07, 6.45) is 0. The van der Waals surface area contributed by atoms with E-state index < -0.39 is 0 Å². The molecule has 1 rings (SSSR count). The minimum Gasteiger partial charge on any atom is -0.379 e. The molecule has 0 spiro atoms. The van der Waals surface area contributed by atoms with E-state index in [0.717, 1.165) is 39.4 Å².